The number of nitrogens with one attached hydrogen (secondary N) is 1. The van der Waals surface area contributed by atoms with E-state index in [0.29, 0.717) is 30.4 Å². The highest BCUT2D eigenvalue weighted by Crippen LogP contribution is 2.19. The zero-order valence-electron chi connectivity index (χ0n) is 14.9. The van der Waals surface area contributed by atoms with E-state index in [2.05, 4.69) is 20.1 Å². The molecule has 3 heterocycles. The van der Waals surface area contributed by atoms with Gasteiger partial charge in [0, 0.05) is 50.8 Å². The molecule has 1 atom stereocenters. The van der Waals surface area contributed by atoms with E-state index >= 15 is 0 Å². The number of hydrogen-bond donors (Lipinski definition) is 2. The Morgan fingerprint density at radius 3 is 3.08 bits per heavy atom. The van der Waals surface area contributed by atoms with Crippen molar-refractivity contribution in [3.8, 4) is 0 Å². The molecule has 3 rings (SSSR count). The van der Waals surface area contributed by atoms with E-state index in [1.807, 2.05) is 17.9 Å². The van der Waals surface area contributed by atoms with Gasteiger partial charge in [0.25, 0.3) is 0 Å². The third-order valence-electron chi connectivity index (χ3n) is 4.56. The first kappa shape index (κ1) is 18.9. The van der Waals surface area contributed by atoms with Crippen molar-refractivity contribution in [2.75, 3.05) is 32.0 Å². The summed E-state index contributed by atoms with van der Waals surface area (Å²) in [7, 11) is 0. The van der Waals surface area contributed by atoms with Gasteiger partial charge >= 0.3 is 0 Å². The molecular weight excluding hydrogens is 354 g/mol. The van der Waals surface area contributed by atoms with Crippen LogP contribution in [0.15, 0.2) is 28.2 Å². The molecule has 0 spiro atoms. The average Bonchev–Trinajstić information content (AvgIpc) is 3.33. The number of aryl methyl sites for hydroxylation is 1. The zero-order chi connectivity index (χ0) is 18.4. The molecule has 0 aromatic carbocycles. The van der Waals surface area contributed by atoms with Crippen LogP contribution in [-0.4, -0.2) is 74.0 Å². The Balaban J connectivity index is 1.52. The zero-order valence-corrected chi connectivity index (χ0v) is 15.7. The number of furan rings is 1. The lowest BCUT2D eigenvalue weighted by Crippen LogP contribution is -2.54. The first-order valence-electron chi connectivity index (χ1n) is 8.87. The van der Waals surface area contributed by atoms with Gasteiger partial charge in [-0.25, -0.2) is 4.98 Å². The van der Waals surface area contributed by atoms with Gasteiger partial charge in [0.2, 0.25) is 11.1 Å². The number of aliphatic hydroxyl groups is 1. The van der Waals surface area contributed by atoms with Crippen molar-refractivity contribution >= 4 is 17.7 Å². The molecule has 0 saturated carbocycles. The maximum atomic E-state index is 12.6. The number of amides is 1. The predicted molar refractivity (Wildman–Crippen MR) is 97.7 cm³/mol. The topological polar surface area (TPSA) is 98.5 Å². The molecule has 1 fully saturated rings. The number of rotatable bonds is 8. The highest BCUT2D eigenvalue weighted by Gasteiger charge is 2.29. The SMILES string of the molecule is CCc1nc(SCC(=O)N2CCN(Cc3ccoc3)[C@@H](CCO)C2)n[nH]1. The Morgan fingerprint density at radius 1 is 1.50 bits per heavy atom. The van der Waals surface area contributed by atoms with E-state index in [4.69, 9.17) is 4.42 Å². The molecular formula is C17H25N5O3S. The van der Waals surface area contributed by atoms with Gasteiger partial charge in [-0.1, -0.05) is 18.7 Å². The number of aliphatic hydroxyl groups excluding tert-OH is 1. The Morgan fingerprint density at radius 2 is 2.38 bits per heavy atom. The fraction of sp³-hybridized carbons (Fsp3) is 0.588. The van der Waals surface area contributed by atoms with Crippen molar-refractivity contribution in [1.29, 1.82) is 0 Å². The Hall–Kier alpha value is -1.84. The first-order valence-corrected chi connectivity index (χ1v) is 9.86. The summed E-state index contributed by atoms with van der Waals surface area (Å²) in [5, 5.41) is 17.0. The van der Waals surface area contributed by atoms with Crippen LogP contribution in [0.25, 0.3) is 0 Å². The van der Waals surface area contributed by atoms with E-state index in [1.165, 1.54) is 11.8 Å². The molecule has 1 aliphatic heterocycles. The Kier molecular flexibility index (Phi) is 6.70. The summed E-state index contributed by atoms with van der Waals surface area (Å²) in [6.45, 7) is 4.99. The first-order chi connectivity index (χ1) is 12.7. The number of piperazine rings is 1. The van der Waals surface area contributed by atoms with Gasteiger partial charge in [-0.3, -0.25) is 14.8 Å². The molecule has 0 unspecified atom stereocenters. The van der Waals surface area contributed by atoms with Crippen molar-refractivity contribution in [3.63, 3.8) is 0 Å². The van der Waals surface area contributed by atoms with Crippen LogP contribution in [0.3, 0.4) is 0 Å². The lowest BCUT2D eigenvalue weighted by Gasteiger charge is -2.41. The van der Waals surface area contributed by atoms with Gasteiger partial charge in [0.15, 0.2) is 0 Å². The average molecular weight is 379 g/mol. The molecule has 2 N–H and O–H groups in total. The highest BCUT2D eigenvalue weighted by molar-refractivity contribution is 7.99. The monoisotopic (exact) mass is 379 g/mol. The molecule has 2 aromatic heterocycles. The van der Waals surface area contributed by atoms with Crippen LogP contribution in [0.2, 0.25) is 0 Å². The third-order valence-corrected chi connectivity index (χ3v) is 5.39. The van der Waals surface area contributed by atoms with Crippen LogP contribution in [0, 0.1) is 0 Å². The molecule has 0 aliphatic carbocycles. The molecule has 1 amide bonds. The molecule has 1 aliphatic rings. The van der Waals surface area contributed by atoms with Crippen LogP contribution in [0.1, 0.15) is 24.7 Å². The standard InChI is InChI=1S/C17H25N5O3S/c1-2-15-18-17(20-19-15)26-12-16(24)22-6-5-21(14(10-22)3-7-23)9-13-4-8-25-11-13/h4,8,11,14,23H,2-3,5-7,9-10,12H2,1H3,(H,18,19,20)/t14-/m0/s1. The van der Waals surface area contributed by atoms with E-state index in [9.17, 15) is 9.90 Å². The van der Waals surface area contributed by atoms with Gasteiger partial charge in [0.05, 0.1) is 18.3 Å². The molecule has 8 nitrogen and oxygen atoms in total. The molecule has 9 heteroatoms. The third kappa shape index (κ3) is 4.87. The van der Waals surface area contributed by atoms with Gasteiger partial charge in [-0.2, -0.15) is 0 Å². The number of H-pyrrole nitrogens is 1. The van der Waals surface area contributed by atoms with Crippen LogP contribution < -0.4 is 0 Å². The smallest absolute Gasteiger partial charge is 0.233 e. The molecule has 1 saturated heterocycles. The highest BCUT2D eigenvalue weighted by atomic mass is 32.2. The van der Waals surface area contributed by atoms with Crippen LogP contribution in [0.4, 0.5) is 0 Å². The fourth-order valence-corrected chi connectivity index (χ4v) is 3.81. The van der Waals surface area contributed by atoms with Gasteiger partial charge < -0.3 is 14.4 Å². The van der Waals surface area contributed by atoms with Crippen molar-refractivity contribution < 1.29 is 14.3 Å². The Labute approximate surface area is 157 Å². The second-order valence-electron chi connectivity index (χ2n) is 6.31. The fourth-order valence-electron chi connectivity index (χ4n) is 3.09. The molecule has 0 bridgehead atoms. The van der Waals surface area contributed by atoms with Crippen molar-refractivity contribution in [3.05, 3.63) is 30.0 Å². The van der Waals surface area contributed by atoms with Crippen LogP contribution in [0.5, 0.6) is 0 Å². The minimum absolute atomic E-state index is 0.0868. The maximum Gasteiger partial charge on any atom is 0.233 e. The number of carbonyl (C=O) groups is 1. The van der Waals surface area contributed by atoms with Crippen molar-refractivity contribution in [2.24, 2.45) is 0 Å². The summed E-state index contributed by atoms with van der Waals surface area (Å²) in [6.07, 6.45) is 4.85. The predicted octanol–water partition coefficient (Wildman–Crippen LogP) is 1.15. The summed E-state index contributed by atoms with van der Waals surface area (Å²) in [5.41, 5.74) is 1.11. The quantitative estimate of drug-likeness (QED) is 0.664. The van der Waals surface area contributed by atoms with Crippen LogP contribution >= 0.6 is 11.8 Å². The lowest BCUT2D eigenvalue weighted by atomic mass is 10.1. The van der Waals surface area contributed by atoms with Gasteiger partial charge in [-0.15, -0.1) is 5.10 Å². The van der Waals surface area contributed by atoms with Gasteiger partial charge in [-0.05, 0) is 12.5 Å². The molecule has 2 aromatic rings. The minimum atomic E-state index is 0.0868. The number of hydrogen-bond acceptors (Lipinski definition) is 7. The number of aromatic amines is 1. The maximum absolute atomic E-state index is 12.6. The van der Waals surface area contributed by atoms with E-state index < -0.39 is 0 Å². The van der Waals surface area contributed by atoms with Crippen LogP contribution in [-0.2, 0) is 17.8 Å². The van der Waals surface area contributed by atoms with E-state index in [0.717, 1.165) is 30.9 Å². The largest absolute Gasteiger partial charge is 0.472 e. The Bertz CT molecular complexity index is 690. The number of aromatic nitrogens is 3. The summed E-state index contributed by atoms with van der Waals surface area (Å²) in [4.78, 5) is 21.1. The van der Waals surface area contributed by atoms with Crippen molar-refractivity contribution in [2.45, 2.75) is 37.5 Å². The molecule has 142 valence electrons. The summed E-state index contributed by atoms with van der Waals surface area (Å²) in [6, 6.07) is 2.10. The second kappa shape index (κ2) is 9.20. The lowest BCUT2D eigenvalue weighted by molar-refractivity contribution is -0.131. The van der Waals surface area contributed by atoms with E-state index in [-0.39, 0.29) is 18.6 Å². The molecule has 26 heavy (non-hydrogen) atoms. The minimum Gasteiger partial charge on any atom is -0.472 e. The summed E-state index contributed by atoms with van der Waals surface area (Å²) in [5.74, 6) is 1.24. The number of thioether (sulfide) groups is 1. The second-order valence-corrected chi connectivity index (χ2v) is 7.26. The normalized spacial score (nSPS) is 18.4. The number of carbonyl (C=O) groups excluding carboxylic acids is 1. The summed E-state index contributed by atoms with van der Waals surface area (Å²) >= 11 is 1.36. The van der Waals surface area contributed by atoms with Crippen molar-refractivity contribution in [1.82, 2.24) is 25.0 Å². The van der Waals surface area contributed by atoms with Gasteiger partial charge in [0.1, 0.15) is 5.82 Å². The number of nitrogens with zero attached hydrogens (tertiary/aromatic N) is 4. The summed E-state index contributed by atoms with van der Waals surface area (Å²) < 4.78 is 5.14. The molecule has 0 radical (unpaired) electrons. The van der Waals surface area contributed by atoms with E-state index in [1.54, 1.807) is 12.5 Å².